The highest BCUT2D eigenvalue weighted by Gasteiger charge is 2.24. The van der Waals surface area contributed by atoms with Gasteiger partial charge in [-0.1, -0.05) is 36.7 Å². The summed E-state index contributed by atoms with van der Waals surface area (Å²) in [6.45, 7) is 8.75. The molecule has 0 unspecified atom stereocenters. The van der Waals surface area contributed by atoms with Crippen molar-refractivity contribution in [1.82, 2.24) is 14.9 Å². The van der Waals surface area contributed by atoms with Crippen molar-refractivity contribution < 1.29 is 14.6 Å². The second-order valence-electron chi connectivity index (χ2n) is 9.61. The standard InChI is InChI=1S/C29H34ClN3O3/c1-4-24-20(10-13-33-14-11-21(12-15-33)29(34)35)6-5-7-25(24)23-17-31-28(32-18-23)22-8-9-27(26(30)16-22)36-19(2)3/h5-9,16-19,21H,4,10-15H2,1-3H3,(H,34,35). The van der Waals surface area contributed by atoms with Gasteiger partial charge >= 0.3 is 5.97 Å². The highest BCUT2D eigenvalue weighted by Crippen LogP contribution is 2.31. The lowest BCUT2D eigenvalue weighted by Crippen LogP contribution is -2.37. The number of hydrogen-bond donors (Lipinski definition) is 1. The van der Waals surface area contributed by atoms with Gasteiger partial charge in [0.1, 0.15) is 5.75 Å². The van der Waals surface area contributed by atoms with E-state index in [0.29, 0.717) is 16.6 Å². The predicted octanol–water partition coefficient (Wildman–Crippen LogP) is 6.15. The van der Waals surface area contributed by atoms with E-state index in [1.54, 1.807) is 0 Å². The molecule has 0 amide bonds. The molecule has 0 atom stereocenters. The summed E-state index contributed by atoms with van der Waals surface area (Å²) in [6, 6.07) is 12.1. The Balaban J connectivity index is 1.47. The van der Waals surface area contributed by atoms with Crippen LogP contribution >= 0.6 is 11.6 Å². The van der Waals surface area contributed by atoms with Crippen molar-refractivity contribution in [3.63, 3.8) is 0 Å². The first-order valence-electron chi connectivity index (χ1n) is 12.7. The maximum atomic E-state index is 11.2. The van der Waals surface area contributed by atoms with E-state index in [2.05, 4.69) is 40.0 Å². The highest BCUT2D eigenvalue weighted by molar-refractivity contribution is 6.32. The minimum atomic E-state index is -0.663. The first-order valence-corrected chi connectivity index (χ1v) is 13.1. The lowest BCUT2D eigenvalue weighted by atomic mass is 9.92. The first kappa shape index (κ1) is 26.1. The zero-order valence-corrected chi connectivity index (χ0v) is 22.0. The number of benzene rings is 2. The Morgan fingerprint density at radius 3 is 2.47 bits per heavy atom. The van der Waals surface area contributed by atoms with Crippen molar-refractivity contribution in [3.05, 3.63) is 64.9 Å². The number of carboxylic acid groups (broad SMARTS) is 1. The molecule has 1 aliphatic rings. The summed E-state index contributed by atoms with van der Waals surface area (Å²) in [6.07, 6.45) is 7.14. The number of aliphatic carboxylic acids is 1. The largest absolute Gasteiger partial charge is 0.489 e. The van der Waals surface area contributed by atoms with E-state index in [-0.39, 0.29) is 12.0 Å². The highest BCUT2D eigenvalue weighted by atomic mass is 35.5. The van der Waals surface area contributed by atoms with Crippen LogP contribution in [-0.2, 0) is 17.6 Å². The zero-order chi connectivity index (χ0) is 25.7. The van der Waals surface area contributed by atoms with Crippen molar-refractivity contribution in [2.45, 2.75) is 52.6 Å². The fourth-order valence-electron chi connectivity index (χ4n) is 4.84. The monoisotopic (exact) mass is 507 g/mol. The predicted molar refractivity (Wildman–Crippen MR) is 144 cm³/mol. The van der Waals surface area contributed by atoms with Gasteiger partial charge in [0.25, 0.3) is 0 Å². The van der Waals surface area contributed by atoms with Crippen molar-refractivity contribution >= 4 is 17.6 Å². The number of carboxylic acids is 1. The minimum absolute atomic E-state index is 0.0524. The molecular formula is C29H34ClN3O3. The summed E-state index contributed by atoms with van der Waals surface area (Å²) in [4.78, 5) is 22.9. The number of piperidine rings is 1. The topological polar surface area (TPSA) is 75.6 Å². The van der Waals surface area contributed by atoms with Crippen LogP contribution in [0.25, 0.3) is 22.5 Å². The molecule has 0 radical (unpaired) electrons. The van der Waals surface area contributed by atoms with Gasteiger partial charge in [-0.05, 0) is 87.5 Å². The number of rotatable bonds is 9. The fourth-order valence-corrected chi connectivity index (χ4v) is 5.07. The molecule has 1 N–H and O–H groups in total. The molecule has 7 heteroatoms. The molecule has 6 nitrogen and oxygen atoms in total. The second kappa shape index (κ2) is 11.8. The Morgan fingerprint density at radius 1 is 1.14 bits per heavy atom. The van der Waals surface area contributed by atoms with Gasteiger partial charge < -0.3 is 14.7 Å². The van der Waals surface area contributed by atoms with E-state index >= 15 is 0 Å². The molecule has 0 aliphatic carbocycles. The molecule has 4 rings (SSSR count). The number of carbonyl (C=O) groups is 1. The van der Waals surface area contributed by atoms with Gasteiger partial charge in [0.2, 0.25) is 0 Å². The molecular weight excluding hydrogens is 474 g/mol. The van der Waals surface area contributed by atoms with E-state index in [0.717, 1.165) is 62.0 Å². The van der Waals surface area contributed by atoms with Crippen molar-refractivity contribution in [2.75, 3.05) is 19.6 Å². The van der Waals surface area contributed by atoms with Gasteiger partial charge in [-0.25, -0.2) is 9.97 Å². The molecule has 3 aromatic rings. The Morgan fingerprint density at radius 2 is 1.86 bits per heavy atom. The first-order chi connectivity index (χ1) is 17.4. The van der Waals surface area contributed by atoms with E-state index in [4.69, 9.17) is 16.3 Å². The number of hydrogen-bond acceptors (Lipinski definition) is 5. The molecule has 190 valence electrons. The smallest absolute Gasteiger partial charge is 0.306 e. The molecule has 2 heterocycles. The fraction of sp³-hybridized carbons (Fsp3) is 0.414. The molecule has 0 saturated carbocycles. The lowest BCUT2D eigenvalue weighted by molar-refractivity contribution is -0.143. The van der Waals surface area contributed by atoms with Crippen LogP contribution < -0.4 is 4.74 Å². The average Bonchev–Trinajstić information content (AvgIpc) is 2.88. The van der Waals surface area contributed by atoms with Crippen molar-refractivity contribution in [2.24, 2.45) is 5.92 Å². The van der Waals surface area contributed by atoms with Gasteiger partial charge in [-0.3, -0.25) is 4.79 Å². The maximum Gasteiger partial charge on any atom is 0.306 e. The number of ether oxygens (including phenoxy) is 1. The summed E-state index contributed by atoms with van der Waals surface area (Å²) in [5.41, 5.74) is 5.63. The number of likely N-dealkylation sites (tertiary alicyclic amines) is 1. The Hall–Kier alpha value is -2.96. The normalized spacial score (nSPS) is 14.8. The third kappa shape index (κ3) is 6.23. The van der Waals surface area contributed by atoms with Crippen LogP contribution in [0.15, 0.2) is 48.8 Å². The summed E-state index contributed by atoms with van der Waals surface area (Å²) in [5, 5.41) is 9.78. The van der Waals surface area contributed by atoms with Crippen LogP contribution in [0.3, 0.4) is 0 Å². The molecule has 1 aromatic heterocycles. The molecule has 0 bridgehead atoms. The zero-order valence-electron chi connectivity index (χ0n) is 21.2. The van der Waals surface area contributed by atoms with E-state index < -0.39 is 5.97 Å². The number of aromatic nitrogens is 2. The van der Waals surface area contributed by atoms with Crippen LogP contribution in [-0.4, -0.2) is 51.7 Å². The average molecular weight is 508 g/mol. The Labute approximate surface area is 218 Å². The molecule has 1 saturated heterocycles. The quantitative estimate of drug-likeness (QED) is 0.374. The molecule has 1 fully saturated rings. The van der Waals surface area contributed by atoms with E-state index in [1.807, 2.05) is 44.4 Å². The maximum absolute atomic E-state index is 11.2. The SMILES string of the molecule is CCc1c(CCN2CCC(C(=O)O)CC2)cccc1-c1cnc(-c2ccc(OC(C)C)c(Cl)c2)nc1. The lowest BCUT2D eigenvalue weighted by Gasteiger charge is -2.30. The van der Waals surface area contributed by atoms with Crippen LogP contribution in [0.1, 0.15) is 44.7 Å². The summed E-state index contributed by atoms with van der Waals surface area (Å²) >= 11 is 6.40. The van der Waals surface area contributed by atoms with Gasteiger partial charge in [0.15, 0.2) is 5.82 Å². The van der Waals surface area contributed by atoms with Gasteiger partial charge in [-0.15, -0.1) is 0 Å². The van der Waals surface area contributed by atoms with Gasteiger partial charge in [-0.2, -0.15) is 0 Å². The van der Waals surface area contributed by atoms with E-state index in [9.17, 15) is 9.90 Å². The Kier molecular flexibility index (Phi) is 8.60. The van der Waals surface area contributed by atoms with Crippen LogP contribution in [0.4, 0.5) is 0 Å². The summed E-state index contributed by atoms with van der Waals surface area (Å²) in [7, 11) is 0. The van der Waals surface area contributed by atoms with Crippen molar-refractivity contribution in [3.8, 4) is 28.3 Å². The molecule has 36 heavy (non-hydrogen) atoms. The van der Waals surface area contributed by atoms with Gasteiger partial charge in [0, 0.05) is 30.1 Å². The summed E-state index contributed by atoms with van der Waals surface area (Å²) < 4.78 is 5.72. The van der Waals surface area contributed by atoms with Crippen LogP contribution in [0.2, 0.25) is 5.02 Å². The third-order valence-electron chi connectivity index (χ3n) is 6.78. The number of nitrogens with zero attached hydrogens (tertiary/aromatic N) is 3. The van der Waals surface area contributed by atoms with Gasteiger partial charge in [0.05, 0.1) is 17.0 Å². The molecule has 2 aromatic carbocycles. The molecule has 1 aliphatic heterocycles. The van der Waals surface area contributed by atoms with E-state index in [1.165, 1.54) is 11.1 Å². The van der Waals surface area contributed by atoms with Crippen LogP contribution in [0, 0.1) is 5.92 Å². The minimum Gasteiger partial charge on any atom is -0.489 e. The number of halogens is 1. The van der Waals surface area contributed by atoms with Crippen molar-refractivity contribution in [1.29, 1.82) is 0 Å². The van der Waals surface area contributed by atoms with Crippen LogP contribution in [0.5, 0.6) is 5.75 Å². The third-order valence-corrected chi connectivity index (χ3v) is 7.07. The second-order valence-corrected chi connectivity index (χ2v) is 10.0. The summed E-state index contributed by atoms with van der Waals surface area (Å²) in [5.74, 6) is 0.420. The molecule has 0 spiro atoms. The Bertz CT molecular complexity index is 1190.